The Kier molecular flexibility index (Phi) is 6.98. The minimum absolute atomic E-state index is 0.190. The first-order valence-corrected chi connectivity index (χ1v) is 15.3. The number of aromatic amines is 2. The molecule has 1 atom stereocenters. The minimum Gasteiger partial charge on any atom is -0.505 e. The fourth-order valence-corrected chi connectivity index (χ4v) is 6.97. The molecule has 42 heavy (non-hydrogen) atoms. The summed E-state index contributed by atoms with van der Waals surface area (Å²) in [6.45, 7) is 9.66. The number of hydrogen-bond acceptors (Lipinski definition) is 6. The monoisotopic (exact) mass is 571 g/mol. The summed E-state index contributed by atoms with van der Waals surface area (Å²) in [6, 6.07) is 9.10. The van der Waals surface area contributed by atoms with Crippen LogP contribution in [0.2, 0.25) is 0 Å². The van der Waals surface area contributed by atoms with Crippen LogP contribution in [0.4, 0.5) is 4.39 Å². The number of nitrogens with one attached hydrogen (secondary N) is 2. The summed E-state index contributed by atoms with van der Waals surface area (Å²) < 4.78 is 14.2. The molecule has 2 fully saturated rings. The second-order valence-electron chi connectivity index (χ2n) is 12.0. The molecule has 0 aliphatic carbocycles. The number of carbonyl (C=O) groups is 1. The number of phenolic OH excluding ortho intramolecular Hbond substituents is 1. The highest BCUT2D eigenvalue weighted by Gasteiger charge is 2.42. The normalized spacial score (nSPS) is 19.9. The van der Waals surface area contributed by atoms with Crippen LogP contribution in [0.15, 0.2) is 30.3 Å². The van der Waals surface area contributed by atoms with E-state index in [1.165, 1.54) is 25.0 Å². The molecular formula is C32H38FN7O2. The summed E-state index contributed by atoms with van der Waals surface area (Å²) >= 11 is 0. The van der Waals surface area contributed by atoms with Crippen LogP contribution >= 0.6 is 0 Å². The van der Waals surface area contributed by atoms with Gasteiger partial charge in [0, 0.05) is 37.5 Å². The van der Waals surface area contributed by atoms with Crippen LogP contribution in [0.25, 0.3) is 33.5 Å². The highest BCUT2D eigenvalue weighted by Crippen LogP contribution is 2.35. The Hall–Kier alpha value is -3.76. The lowest BCUT2D eigenvalue weighted by atomic mass is 9.96. The van der Waals surface area contributed by atoms with Crippen molar-refractivity contribution in [3.63, 3.8) is 0 Å². The van der Waals surface area contributed by atoms with Crippen LogP contribution in [-0.2, 0) is 24.2 Å². The van der Waals surface area contributed by atoms with E-state index in [9.17, 15) is 14.3 Å². The summed E-state index contributed by atoms with van der Waals surface area (Å²) in [5.74, 6) is -0.0569. The van der Waals surface area contributed by atoms with Gasteiger partial charge in [-0.1, -0.05) is 19.9 Å². The van der Waals surface area contributed by atoms with E-state index in [0.29, 0.717) is 31.3 Å². The fourth-order valence-electron chi connectivity index (χ4n) is 6.97. The number of fused-ring (bicyclic) bond motifs is 2. The molecule has 3 aliphatic rings. The molecule has 1 amide bonds. The highest BCUT2D eigenvalue weighted by molar-refractivity contribution is 5.94. The Labute approximate surface area is 244 Å². The molecule has 0 saturated carbocycles. The molecule has 2 aromatic carbocycles. The van der Waals surface area contributed by atoms with E-state index >= 15 is 0 Å². The number of rotatable bonds is 7. The number of H-pyrrole nitrogens is 2. The van der Waals surface area contributed by atoms with Gasteiger partial charge in [0.15, 0.2) is 17.4 Å². The van der Waals surface area contributed by atoms with Gasteiger partial charge in [0.1, 0.15) is 5.69 Å². The summed E-state index contributed by atoms with van der Waals surface area (Å²) in [6.07, 6.45) is 4.78. The van der Waals surface area contributed by atoms with Crippen LogP contribution in [0.5, 0.6) is 5.75 Å². The van der Waals surface area contributed by atoms with Gasteiger partial charge in [0.25, 0.3) is 0 Å². The van der Waals surface area contributed by atoms with Gasteiger partial charge in [-0.15, -0.1) is 0 Å². The first-order valence-electron chi connectivity index (χ1n) is 15.3. The molecule has 0 spiro atoms. The van der Waals surface area contributed by atoms with Crippen LogP contribution in [0.1, 0.15) is 50.1 Å². The summed E-state index contributed by atoms with van der Waals surface area (Å²) in [4.78, 5) is 29.0. The van der Waals surface area contributed by atoms with Gasteiger partial charge in [-0.3, -0.25) is 19.7 Å². The number of benzene rings is 2. The lowest BCUT2D eigenvalue weighted by Crippen LogP contribution is -2.64. The van der Waals surface area contributed by atoms with E-state index < -0.39 is 5.82 Å². The van der Waals surface area contributed by atoms with Crippen LogP contribution in [0, 0.1) is 5.82 Å². The van der Waals surface area contributed by atoms with Gasteiger partial charge in [-0.25, -0.2) is 9.37 Å². The number of aryl methyl sites for hydroxylation is 1. The van der Waals surface area contributed by atoms with E-state index in [-0.39, 0.29) is 17.7 Å². The first kappa shape index (κ1) is 27.1. The average molecular weight is 572 g/mol. The summed E-state index contributed by atoms with van der Waals surface area (Å²) in [5.41, 5.74) is 5.99. The van der Waals surface area contributed by atoms with Crippen molar-refractivity contribution in [2.45, 2.75) is 64.6 Å². The maximum Gasteiger partial charge on any atom is 0.240 e. The Morgan fingerprint density at radius 3 is 2.71 bits per heavy atom. The second kappa shape index (κ2) is 10.8. The third-order valence-corrected chi connectivity index (χ3v) is 9.33. The van der Waals surface area contributed by atoms with Crippen molar-refractivity contribution in [1.82, 2.24) is 34.9 Å². The number of imidazole rings is 1. The topological polar surface area (TPSA) is 104 Å². The zero-order chi connectivity index (χ0) is 29.0. The SMILES string of the molecule is CCCN1Cc2[nH]c(-c3n[nH]c4cc(-c5cc(F)c(O)cc5CC)ccc34)nc2CC1C(=O)N1CC(N2CCCC2)C1. The Morgan fingerprint density at radius 1 is 1.14 bits per heavy atom. The third kappa shape index (κ3) is 4.66. The van der Waals surface area contributed by atoms with Crippen molar-refractivity contribution in [2.75, 3.05) is 32.7 Å². The van der Waals surface area contributed by atoms with Crippen molar-refractivity contribution in [2.24, 2.45) is 0 Å². The molecule has 4 aromatic rings. The maximum atomic E-state index is 14.2. The minimum atomic E-state index is -0.636. The van der Waals surface area contributed by atoms with Gasteiger partial charge in [-0.05, 0) is 86.3 Å². The van der Waals surface area contributed by atoms with Gasteiger partial charge in [0.2, 0.25) is 5.91 Å². The second-order valence-corrected chi connectivity index (χ2v) is 12.0. The Bertz CT molecular complexity index is 1630. The maximum absolute atomic E-state index is 14.2. The molecule has 2 aromatic heterocycles. The van der Waals surface area contributed by atoms with Crippen molar-refractivity contribution >= 4 is 16.8 Å². The summed E-state index contributed by atoms with van der Waals surface area (Å²) in [7, 11) is 0. The van der Waals surface area contributed by atoms with E-state index in [4.69, 9.17) is 4.98 Å². The molecule has 220 valence electrons. The smallest absolute Gasteiger partial charge is 0.240 e. The predicted octanol–water partition coefficient (Wildman–Crippen LogP) is 4.47. The molecule has 3 N–H and O–H groups in total. The number of hydrogen-bond donors (Lipinski definition) is 3. The average Bonchev–Trinajstić information content (AvgIpc) is 3.72. The Morgan fingerprint density at radius 2 is 1.95 bits per heavy atom. The molecule has 5 heterocycles. The largest absolute Gasteiger partial charge is 0.505 e. The number of carbonyl (C=O) groups excluding carboxylic acids is 1. The van der Waals surface area contributed by atoms with Crippen molar-refractivity contribution < 1.29 is 14.3 Å². The first-order chi connectivity index (χ1) is 20.4. The third-order valence-electron chi connectivity index (χ3n) is 9.33. The van der Waals surface area contributed by atoms with Crippen molar-refractivity contribution in [3.8, 4) is 28.4 Å². The van der Waals surface area contributed by atoms with Crippen LogP contribution in [-0.4, -0.2) is 90.7 Å². The van der Waals surface area contributed by atoms with Gasteiger partial charge >= 0.3 is 0 Å². The quantitative estimate of drug-likeness (QED) is 0.302. The van der Waals surface area contributed by atoms with Gasteiger partial charge < -0.3 is 15.0 Å². The molecule has 9 nitrogen and oxygen atoms in total. The standard InChI is InChI=1S/C32H38FN7O2/c1-3-9-39-18-27-26(15-28(39)32(42)40-16-21(17-40)38-10-5-6-11-38)34-31(35-27)30-22-8-7-20(12-25(22)36-37-30)23-14-24(33)29(41)13-19(23)4-2/h7-8,12-14,21,28,41H,3-6,9-11,15-18H2,1-2H3,(H,34,35)(H,36,37). The predicted molar refractivity (Wildman–Crippen MR) is 159 cm³/mol. The number of phenols is 1. The molecule has 3 aliphatic heterocycles. The van der Waals surface area contributed by atoms with Crippen molar-refractivity contribution in [3.05, 3.63) is 53.1 Å². The molecule has 7 rings (SSSR count). The molecule has 0 bridgehead atoms. The molecule has 10 heteroatoms. The van der Waals surface area contributed by atoms with E-state index in [1.54, 1.807) is 0 Å². The zero-order valence-corrected chi connectivity index (χ0v) is 24.3. The highest BCUT2D eigenvalue weighted by atomic mass is 19.1. The van der Waals surface area contributed by atoms with Crippen molar-refractivity contribution in [1.29, 1.82) is 0 Å². The van der Waals surface area contributed by atoms with E-state index in [0.717, 1.165) is 83.8 Å². The zero-order valence-electron chi connectivity index (χ0n) is 24.3. The Balaban J connectivity index is 1.13. The lowest BCUT2D eigenvalue weighted by Gasteiger charge is -2.47. The van der Waals surface area contributed by atoms with Gasteiger partial charge in [0.05, 0.1) is 22.9 Å². The number of aromatic hydroxyl groups is 1. The number of likely N-dealkylation sites (tertiary alicyclic amines) is 2. The molecule has 0 radical (unpaired) electrons. The number of halogens is 1. The molecule has 1 unspecified atom stereocenters. The van der Waals surface area contributed by atoms with E-state index in [2.05, 4.69) is 31.9 Å². The number of nitrogens with zero attached hydrogens (tertiary/aromatic N) is 5. The number of amides is 1. The van der Waals surface area contributed by atoms with Crippen LogP contribution < -0.4 is 0 Å². The molecular weight excluding hydrogens is 533 g/mol. The van der Waals surface area contributed by atoms with E-state index in [1.807, 2.05) is 30.0 Å². The van der Waals surface area contributed by atoms with Crippen LogP contribution in [0.3, 0.4) is 0 Å². The lowest BCUT2D eigenvalue weighted by molar-refractivity contribution is -0.145. The number of aromatic nitrogens is 4. The van der Waals surface area contributed by atoms with Gasteiger partial charge in [-0.2, -0.15) is 5.10 Å². The molecule has 2 saturated heterocycles. The summed E-state index contributed by atoms with van der Waals surface area (Å²) in [5, 5.41) is 18.5. The fraction of sp³-hybridized carbons (Fsp3) is 0.469.